The van der Waals surface area contributed by atoms with E-state index >= 15 is 0 Å². The van der Waals surface area contributed by atoms with Crippen molar-refractivity contribution in [2.24, 2.45) is 7.05 Å². The summed E-state index contributed by atoms with van der Waals surface area (Å²) in [7, 11) is 1.99. The molecule has 0 bridgehead atoms. The Bertz CT molecular complexity index is 1210. The number of hydrogen-bond acceptors (Lipinski definition) is 6. The van der Waals surface area contributed by atoms with Gasteiger partial charge in [-0.2, -0.15) is 10.4 Å². The second kappa shape index (κ2) is 7.02. The summed E-state index contributed by atoms with van der Waals surface area (Å²) in [6.45, 7) is 1.73. The molecule has 1 fully saturated rings. The summed E-state index contributed by atoms with van der Waals surface area (Å²) in [5.41, 5.74) is 5.37. The fourth-order valence-electron chi connectivity index (χ4n) is 4.21. The van der Waals surface area contributed by atoms with Crippen molar-refractivity contribution in [2.75, 3.05) is 18.0 Å². The third kappa shape index (κ3) is 3.01. The third-order valence-corrected chi connectivity index (χ3v) is 5.68. The summed E-state index contributed by atoms with van der Waals surface area (Å²) >= 11 is 0. The molecule has 0 atom stereocenters. The molecule has 144 valence electrons. The Morgan fingerprint density at radius 3 is 2.83 bits per heavy atom. The number of anilines is 1. The third-order valence-electron chi connectivity index (χ3n) is 5.68. The Kier molecular flexibility index (Phi) is 4.21. The number of fused-ring (bicyclic) bond motifs is 1. The Morgan fingerprint density at radius 1 is 1.21 bits per heavy atom. The van der Waals surface area contributed by atoms with E-state index in [4.69, 9.17) is 0 Å². The zero-order valence-corrected chi connectivity index (χ0v) is 16.1. The van der Waals surface area contributed by atoms with Crippen LogP contribution in [0.3, 0.4) is 0 Å². The SMILES string of the molecule is Cn1cnnc1C1CCN(c2c(C#N)cccc2-c2cnc3cn[nH]c3c2)CC1. The summed E-state index contributed by atoms with van der Waals surface area (Å²) < 4.78 is 2.00. The van der Waals surface area contributed by atoms with E-state index in [-0.39, 0.29) is 0 Å². The van der Waals surface area contributed by atoms with Crippen molar-refractivity contribution in [1.82, 2.24) is 29.9 Å². The number of nitrogens with one attached hydrogen (secondary N) is 1. The molecule has 5 rings (SSSR count). The molecule has 1 saturated heterocycles. The fourth-order valence-corrected chi connectivity index (χ4v) is 4.21. The second-order valence-electron chi connectivity index (χ2n) is 7.40. The van der Waals surface area contributed by atoms with E-state index in [1.165, 1.54) is 0 Å². The summed E-state index contributed by atoms with van der Waals surface area (Å²) in [6.07, 6.45) is 7.27. The zero-order chi connectivity index (χ0) is 19.8. The quantitative estimate of drug-likeness (QED) is 0.583. The van der Waals surface area contributed by atoms with Crippen LogP contribution in [-0.2, 0) is 7.05 Å². The van der Waals surface area contributed by atoms with Crippen LogP contribution in [0, 0.1) is 11.3 Å². The van der Waals surface area contributed by atoms with Gasteiger partial charge < -0.3 is 9.47 Å². The summed E-state index contributed by atoms with van der Waals surface area (Å²) in [4.78, 5) is 6.82. The number of para-hydroxylation sites is 1. The van der Waals surface area contributed by atoms with Gasteiger partial charge in [0.05, 0.1) is 23.0 Å². The number of rotatable bonds is 3. The number of aromatic amines is 1. The second-order valence-corrected chi connectivity index (χ2v) is 7.40. The number of hydrogen-bond donors (Lipinski definition) is 1. The molecule has 8 nitrogen and oxygen atoms in total. The summed E-state index contributed by atoms with van der Waals surface area (Å²) in [5, 5.41) is 25.1. The van der Waals surface area contributed by atoms with Crippen LogP contribution in [0.15, 0.2) is 43.0 Å². The Balaban J connectivity index is 1.50. The molecule has 1 aliphatic heterocycles. The van der Waals surface area contributed by atoms with Gasteiger partial charge in [0.25, 0.3) is 0 Å². The van der Waals surface area contributed by atoms with Gasteiger partial charge >= 0.3 is 0 Å². The predicted molar refractivity (Wildman–Crippen MR) is 109 cm³/mol. The van der Waals surface area contributed by atoms with Gasteiger partial charge in [0.2, 0.25) is 0 Å². The molecule has 0 aliphatic carbocycles. The molecule has 0 unspecified atom stereocenters. The largest absolute Gasteiger partial charge is 0.370 e. The van der Waals surface area contributed by atoms with Crippen LogP contribution < -0.4 is 4.90 Å². The number of benzene rings is 1. The molecule has 1 aromatic carbocycles. The molecule has 0 amide bonds. The maximum Gasteiger partial charge on any atom is 0.135 e. The molecular formula is C21H20N8. The van der Waals surface area contributed by atoms with Crippen molar-refractivity contribution in [3.63, 3.8) is 0 Å². The minimum absolute atomic E-state index is 0.388. The molecular weight excluding hydrogens is 364 g/mol. The van der Waals surface area contributed by atoms with E-state index in [0.717, 1.165) is 59.6 Å². The maximum absolute atomic E-state index is 9.77. The van der Waals surface area contributed by atoms with Gasteiger partial charge in [-0.15, -0.1) is 10.2 Å². The Labute approximate surface area is 167 Å². The predicted octanol–water partition coefficient (Wildman–Crippen LogP) is 3.01. The molecule has 0 saturated carbocycles. The van der Waals surface area contributed by atoms with E-state index in [0.29, 0.717) is 11.5 Å². The highest BCUT2D eigenvalue weighted by Crippen LogP contribution is 2.37. The van der Waals surface area contributed by atoms with Crippen LogP contribution in [0.5, 0.6) is 0 Å². The number of aryl methyl sites for hydroxylation is 1. The van der Waals surface area contributed by atoms with Crippen LogP contribution in [0.1, 0.15) is 30.1 Å². The van der Waals surface area contributed by atoms with Gasteiger partial charge in [0.15, 0.2) is 0 Å². The highest BCUT2D eigenvalue weighted by atomic mass is 15.3. The molecule has 4 aromatic rings. The lowest BCUT2D eigenvalue weighted by Gasteiger charge is -2.35. The highest BCUT2D eigenvalue weighted by Gasteiger charge is 2.26. The highest BCUT2D eigenvalue weighted by molar-refractivity contribution is 5.87. The van der Waals surface area contributed by atoms with Crippen molar-refractivity contribution < 1.29 is 0 Å². The minimum Gasteiger partial charge on any atom is -0.370 e. The number of nitrogens with zero attached hydrogens (tertiary/aromatic N) is 7. The molecule has 4 heterocycles. The lowest BCUT2D eigenvalue weighted by atomic mass is 9.93. The molecule has 0 spiro atoms. The van der Waals surface area contributed by atoms with Crippen molar-refractivity contribution >= 4 is 16.7 Å². The van der Waals surface area contributed by atoms with Crippen LogP contribution in [0.4, 0.5) is 5.69 Å². The van der Waals surface area contributed by atoms with E-state index in [1.807, 2.05) is 36.0 Å². The first-order valence-electron chi connectivity index (χ1n) is 9.66. The van der Waals surface area contributed by atoms with Gasteiger partial charge in [-0.3, -0.25) is 10.1 Å². The van der Waals surface area contributed by atoms with Crippen molar-refractivity contribution in [3.05, 3.63) is 54.4 Å². The first kappa shape index (κ1) is 17.4. The summed E-state index contributed by atoms with van der Waals surface area (Å²) in [6, 6.07) is 10.3. The van der Waals surface area contributed by atoms with E-state index in [1.54, 1.807) is 12.5 Å². The Hall–Kier alpha value is -3.73. The number of pyridine rings is 1. The van der Waals surface area contributed by atoms with Crippen LogP contribution in [0.25, 0.3) is 22.2 Å². The lowest BCUT2D eigenvalue weighted by Crippen LogP contribution is -2.34. The minimum atomic E-state index is 0.388. The van der Waals surface area contributed by atoms with Crippen LogP contribution in [0.2, 0.25) is 0 Å². The number of aromatic nitrogens is 6. The Morgan fingerprint density at radius 2 is 2.07 bits per heavy atom. The van der Waals surface area contributed by atoms with Gasteiger partial charge in [-0.25, -0.2) is 0 Å². The van der Waals surface area contributed by atoms with Gasteiger partial charge in [0, 0.05) is 43.4 Å². The number of piperidine rings is 1. The maximum atomic E-state index is 9.77. The van der Waals surface area contributed by atoms with Crippen molar-refractivity contribution in [3.8, 4) is 17.2 Å². The molecule has 1 aliphatic rings. The van der Waals surface area contributed by atoms with Gasteiger partial charge in [0.1, 0.15) is 23.7 Å². The standard InChI is InChI=1S/C21H20N8/c1-28-13-25-27-21(28)14-5-7-29(8-6-14)20-15(10-22)3-2-4-17(20)16-9-18-19(23-11-16)12-24-26-18/h2-4,9,11-14H,5-8H2,1H3,(H,24,26). The molecule has 3 aromatic heterocycles. The number of H-pyrrole nitrogens is 1. The van der Waals surface area contributed by atoms with Gasteiger partial charge in [-0.1, -0.05) is 12.1 Å². The molecule has 0 radical (unpaired) electrons. The smallest absolute Gasteiger partial charge is 0.135 e. The lowest BCUT2D eigenvalue weighted by molar-refractivity contribution is 0.474. The average molecular weight is 384 g/mol. The van der Waals surface area contributed by atoms with Gasteiger partial charge in [-0.05, 0) is 25.0 Å². The van der Waals surface area contributed by atoms with Crippen molar-refractivity contribution in [1.29, 1.82) is 5.26 Å². The average Bonchev–Trinajstić information content (AvgIpc) is 3.41. The molecule has 1 N–H and O–H groups in total. The normalized spacial score (nSPS) is 15.0. The van der Waals surface area contributed by atoms with Crippen LogP contribution in [-0.4, -0.2) is 43.0 Å². The zero-order valence-electron chi connectivity index (χ0n) is 16.1. The monoisotopic (exact) mass is 384 g/mol. The topological polar surface area (TPSA) is 99.3 Å². The van der Waals surface area contributed by atoms with E-state index < -0.39 is 0 Å². The molecule has 29 heavy (non-hydrogen) atoms. The van der Waals surface area contributed by atoms with E-state index in [9.17, 15) is 5.26 Å². The van der Waals surface area contributed by atoms with E-state index in [2.05, 4.69) is 42.4 Å². The first-order valence-corrected chi connectivity index (χ1v) is 9.66. The first-order chi connectivity index (χ1) is 14.2. The number of nitriles is 1. The summed E-state index contributed by atoms with van der Waals surface area (Å²) in [5.74, 6) is 1.42. The molecule has 8 heteroatoms. The fraction of sp³-hybridized carbons (Fsp3) is 0.286. The van der Waals surface area contributed by atoms with Crippen LogP contribution >= 0.6 is 0 Å². The van der Waals surface area contributed by atoms with Crippen molar-refractivity contribution in [2.45, 2.75) is 18.8 Å².